The molecule has 0 aliphatic rings. The third-order valence-electron chi connectivity index (χ3n) is 3.34. The Labute approximate surface area is 143 Å². The van der Waals surface area contributed by atoms with Crippen LogP contribution in [-0.2, 0) is 10.0 Å². The lowest BCUT2D eigenvalue weighted by atomic mass is 10.3. The predicted octanol–water partition coefficient (Wildman–Crippen LogP) is 1.46. The highest BCUT2D eigenvalue weighted by molar-refractivity contribution is 7.91. The summed E-state index contributed by atoms with van der Waals surface area (Å²) in [5, 5.41) is 16.3. The number of thiophene rings is 1. The Morgan fingerprint density at radius 3 is 2.71 bits per heavy atom. The Hall–Kier alpha value is -2.30. The molecule has 0 atom stereocenters. The van der Waals surface area contributed by atoms with Crippen molar-refractivity contribution < 1.29 is 8.42 Å². The van der Waals surface area contributed by atoms with Crippen LogP contribution in [0.5, 0.6) is 0 Å². The molecule has 24 heavy (non-hydrogen) atoms. The van der Waals surface area contributed by atoms with Gasteiger partial charge in [-0.15, -0.1) is 11.3 Å². The van der Waals surface area contributed by atoms with E-state index in [9.17, 15) is 8.42 Å². The van der Waals surface area contributed by atoms with Crippen molar-refractivity contribution in [3.8, 4) is 5.69 Å². The molecule has 2 heterocycles. The van der Waals surface area contributed by atoms with Crippen molar-refractivity contribution >= 4 is 27.3 Å². The van der Waals surface area contributed by atoms with E-state index < -0.39 is 10.0 Å². The second-order valence-corrected chi connectivity index (χ2v) is 8.15. The summed E-state index contributed by atoms with van der Waals surface area (Å²) in [5.74, 6) is 0.461. The molecule has 0 aliphatic carbocycles. The van der Waals surface area contributed by atoms with Crippen LogP contribution in [-0.4, -0.2) is 53.1 Å². The summed E-state index contributed by atoms with van der Waals surface area (Å²) in [5.41, 5.74) is 0.824. The smallest absolute Gasteiger partial charge is 0.252 e. The first-order valence-corrected chi connectivity index (χ1v) is 9.48. The molecule has 0 saturated heterocycles. The minimum atomic E-state index is -3.45. The third kappa shape index (κ3) is 3.45. The van der Waals surface area contributed by atoms with Gasteiger partial charge in [-0.25, -0.2) is 8.42 Å². The van der Waals surface area contributed by atoms with Gasteiger partial charge < -0.3 is 5.32 Å². The van der Waals surface area contributed by atoms with Gasteiger partial charge in [-0.2, -0.15) is 8.99 Å². The molecule has 8 nitrogen and oxygen atoms in total. The van der Waals surface area contributed by atoms with E-state index in [2.05, 4.69) is 20.8 Å². The lowest BCUT2D eigenvalue weighted by Gasteiger charge is -2.16. The van der Waals surface area contributed by atoms with Crippen LogP contribution in [0.15, 0.2) is 52.1 Å². The third-order valence-corrected chi connectivity index (χ3v) is 6.57. The molecular formula is C14H16N6O2S2. The van der Waals surface area contributed by atoms with E-state index in [-0.39, 0.29) is 0 Å². The van der Waals surface area contributed by atoms with Gasteiger partial charge >= 0.3 is 0 Å². The number of anilines is 1. The lowest BCUT2D eigenvalue weighted by molar-refractivity contribution is 0.482. The largest absolute Gasteiger partial charge is 0.351 e. The molecule has 0 bridgehead atoms. The van der Waals surface area contributed by atoms with Crippen LogP contribution in [0.4, 0.5) is 5.95 Å². The van der Waals surface area contributed by atoms with Crippen molar-refractivity contribution in [3.05, 3.63) is 47.8 Å². The molecule has 1 N–H and O–H groups in total. The number of hydrogen-bond donors (Lipinski definition) is 1. The van der Waals surface area contributed by atoms with Crippen LogP contribution >= 0.6 is 11.3 Å². The average molecular weight is 364 g/mol. The zero-order valence-corrected chi connectivity index (χ0v) is 14.5. The number of likely N-dealkylation sites (N-methyl/N-ethyl adjacent to an activating group) is 1. The Bertz CT molecular complexity index is 877. The highest BCUT2D eigenvalue weighted by Gasteiger charge is 2.21. The fraction of sp³-hybridized carbons (Fsp3) is 0.214. The van der Waals surface area contributed by atoms with Gasteiger partial charge in [0.15, 0.2) is 0 Å². The standard InChI is InChI=1S/C14H16N6O2S2/c1-19(24(21,22)13-8-5-11-23-13)10-9-15-14-16-17-18-20(14)12-6-3-2-4-7-12/h2-8,11H,9-10H2,1H3,(H,15,16,18). The number of nitrogens with one attached hydrogen (secondary N) is 1. The second-order valence-electron chi connectivity index (χ2n) is 4.94. The molecule has 0 spiro atoms. The first-order valence-electron chi connectivity index (χ1n) is 7.16. The minimum Gasteiger partial charge on any atom is -0.351 e. The maximum Gasteiger partial charge on any atom is 0.252 e. The molecule has 3 aromatic rings. The summed E-state index contributed by atoms with van der Waals surface area (Å²) < 4.78 is 27.9. The number of tetrazole rings is 1. The number of sulfonamides is 1. The second kappa shape index (κ2) is 7.07. The Balaban J connectivity index is 1.63. The van der Waals surface area contributed by atoms with Crippen LogP contribution in [0.2, 0.25) is 0 Å². The maximum absolute atomic E-state index is 12.3. The Morgan fingerprint density at radius 1 is 1.21 bits per heavy atom. The number of rotatable bonds is 7. The highest BCUT2D eigenvalue weighted by atomic mass is 32.2. The molecule has 0 aliphatic heterocycles. The SMILES string of the molecule is CN(CCNc1nnnn1-c1ccccc1)S(=O)(=O)c1cccs1. The van der Waals surface area contributed by atoms with E-state index in [4.69, 9.17) is 0 Å². The van der Waals surface area contributed by atoms with Gasteiger partial charge in [-0.3, -0.25) is 0 Å². The molecule has 0 amide bonds. The zero-order chi connectivity index (χ0) is 17.0. The fourth-order valence-corrected chi connectivity index (χ4v) is 4.42. The van der Waals surface area contributed by atoms with Gasteiger partial charge in [0.2, 0.25) is 5.95 Å². The molecule has 0 fully saturated rings. The van der Waals surface area contributed by atoms with Crippen molar-refractivity contribution in [3.63, 3.8) is 0 Å². The van der Waals surface area contributed by atoms with Crippen molar-refractivity contribution in [1.29, 1.82) is 0 Å². The number of hydrogen-bond acceptors (Lipinski definition) is 7. The Morgan fingerprint density at radius 2 is 2.00 bits per heavy atom. The molecule has 126 valence electrons. The maximum atomic E-state index is 12.3. The monoisotopic (exact) mass is 364 g/mol. The van der Waals surface area contributed by atoms with Crippen LogP contribution in [0.25, 0.3) is 5.69 Å². The van der Waals surface area contributed by atoms with Crippen molar-refractivity contribution in [2.24, 2.45) is 0 Å². The number of nitrogens with zero attached hydrogens (tertiary/aromatic N) is 5. The van der Waals surface area contributed by atoms with Crippen molar-refractivity contribution in [2.75, 3.05) is 25.5 Å². The fourth-order valence-electron chi connectivity index (χ4n) is 2.05. The van der Waals surface area contributed by atoms with E-state index in [0.717, 1.165) is 5.69 Å². The molecule has 2 aromatic heterocycles. The van der Waals surface area contributed by atoms with Crippen LogP contribution in [0, 0.1) is 0 Å². The number of para-hydroxylation sites is 1. The first kappa shape index (κ1) is 16.6. The summed E-state index contributed by atoms with van der Waals surface area (Å²) in [6, 6.07) is 12.8. The summed E-state index contributed by atoms with van der Waals surface area (Å²) in [6.45, 7) is 0.677. The van der Waals surface area contributed by atoms with E-state index in [0.29, 0.717) is 23.2 Å². The zero-order valence-electron chi connectivity index (χ0n) is 12.9. The molecule has 0 saturated carbocycles. The van der Waals surface area contributed by atoms with Crippen LogP contribution in [0.3, 0.4) is 0 Å². The minimum absolute atomic E-state index is 0.294. The first-order chi connectivity index (χ1) is 11.6. The molecule has 0 radical (unpaired) electrons. The summed E-state index contributed by atoms with van der Waals surface area (Å²) >= 11 is 1.20. The summed E-state index contributed by atoms with van der Waals surface area (Å²) in [4.78, 5) is 0. The van der Waals surface area contributed by atoms with Crippen molar-refractivity contribution in [2.45, 2.75) is 4.21 Å². The average Bonchev–Trinajstić information content (AvgIpc) is 3.27. The molecule has 1 aromatic carbocycles. The van der Waals surface area contributed by atoms with Gasteiger partial charge in [0.05, 0.1) is 5.69 Å². The van der Waals surface area contributed by atoms with E-state index in [1.54, 1.807) is 29.2 Å². The van der Waals surface area contributed by atoms with Crippen LogP contribution in [0.1, 0.15) is 0 Å². The van der Waals surface area contributed by atoms with Gasteiger partial charge in [0, 0.05) is 20.1 Å². The normalized spacial score (nSPS) is 11.8. The Kier molecular flexibility index (Phi) is 4.88. The van der Waals surface area contributed by atoms with Crippen molar-refractivity contribution in [1.82, 2.24) is 24.5 Å². The molecule has 0 unspecified atom stereocenters. The molecule has 3 rings (SSSR count). The number of benzene rings is 1. The number of aromatic nitrogens is 4. The van der Waals surface area contributed by atoms with Gasteiger partial charge in [-0.05, 0) is 34.0 Å². The molecule has 10 heteroatoms. The van der Waals surface area contributed by atoms with E-state index in [1.807, 2.05) is 30.3 Å². The quantitative estimate of drug-likeness (QED) is 0.682. The summed E-state index contributed by atoms with van der Waals surface area (Å²) in [6.07, 6.45) is 0. The molecular weight excluding hydrogens is 348 g/mol. The van der Waals surface area contributed by atoms with E-state index in [1.165, 1.54) is 15.6 Å². The lowest BCUT2D eigenvalue weighted by Crippen LogP contribution is -2.31. The van der Waals surface area contributed by atoms with Gasteiger partial charge in [-0.1, -0.05) is 29.4 Å². The van der Waals surface area contributed by atoms with Gasteiger partial charge in [0.25, 0.3) is 10.0 Å². The van der Waals surface area contributed by atoms with Crippen LogP contribution < -0.4 is 5.32 Å². The topological polar surface area (TPSA) is 93.0 Å². The van der Waals surface area contributed by atoms with E-state index >= 15 is 0 Å². The predicted molar refractivity (Wildman–Crippen MR) is 91.8 cm³/mol. The van der Waals surface area contributed by atoms with Gasteiger partial charge in [0.1, 0.15) is 4.21 Å². The highest BCUT2D eigenvalue weighted by Crippen LogP contribution is 2.19. The summed E-state index contributed by atoms with van der Waals surface area (Å²) in [7, 11) is -1.89.